The lowest BCUT2D eigenvalue weighted by molar-refractivity contribution is 0.0484. The van der Waals surface area contributed by atoms with Crippen molar-refractivity contribution in [3.05, 3.63) is 53.1 Å². The zero-order valence-electron chi connectivity index (χ0n) is 18.8. The maximum absolute atomic E-state index is 12.1. The average molecular weight is 399 g/mol. The highest BCUT2D eigenvalue weighted by Gasteiger charge is 2.26. The summed E-state index contributed by atoms with van der Waals surface area (Å²) in [7, 11) is 1.51. The van der Waals surface area contributed by atoms with Crippen LogP contribution in [0.3, 0.4) is 0 Å². The van der Waals surface area contributed by atoms with Crippen molar-refractivity contribution in [2.75, 3.05) is 13.9 Å². The SMILES string of the molecule is CCC(C)(C)c1cc(-c2cccc(OCOC)c2C(=O)O)cc(C(C)(C)CC)c1. The first-order chi connectivity index (χ1) is 13.6. The molecule has 0 aliphatic heterocycles. The molecule has 2 rings (SSSR count). The maximum Gasteiger partial charge on any atom is 0.340 e. The van der Waals surface area contributed by atoms with Crippen molar-refractivity contribution in [1.82, 2.24) is 0 Å². The van der Waals surface area contributed by atoms with Crippen molar-refractivity contribution in [2.45, 2.75) is 65.2 Å². The zero-order valence-corrected chi connectivity index (χ0v) is 18.8. The Labute approximate surface area is 174 Å². The number of benzene rings is 2. The van der Waals surface area contributed by atoms with Crippen LogP contribution in [-0.4, -0.2) is 25.0 Å². The smallest absolute Gasteiger partial charge is 0.340 e. The molecule has 2 aromatic rings. The van der Waals surface area contributed by atoms with Gasteiger partial charge in [0.25, 0.3) is 0 Å². The van der Waals surface area contributed by atoms with Crippen LogP contribution in [0, 0.1) is 0 Å². The van der Waals surface area contributed by atoms with Crippen molar-refractivity contribution in [1.29, 1.82) is 0 Å². The molecule has 0 heterocycles. The summed E-state index contributed by atoms with van der Waals surface area (Å²) < 4.78 is 10.5. The molecule has 1 N–H and O–H groups in total. The molecular formula is C25H34O4. The van der Waals surface area contributed by atoms with E-state index in [-0.39, 0.29) is 23.2 Å². The van der Waals surface area contributed by atoms with E-state index in [1.807, 2.05) is 12.1 Å². The second kappa shape index (κ2) is 9.00. The lowest BCUT2D eigenvalue weighted by Crippen LogP contribution is -2.20. The first-order valence-corrected chi connectivity index (χ1v) is 10.2. The Kier molecular flexibility index (Phi) is 7.12. The molecule has 0 aromatic heterocycles. The highest BCUT2D eigenvalue weighted by atomic mass is 16.7. The number of carboxylic acid groups (broad SMARTS) is 1. The summed E-state index contributed by atoms with van der Waals surface area (Å²) in [5, 5.41) is 9.94. The van der Waals surface area contributed by atoms with Crippen LogP contribution in [0.25, 0.3) is 11.1 Å². The third-order valence-corrected chi connectivity index (χ3v) is 6.15. The molecule has 0 bridgehead atoms. The van der Waals surface area contributed by atoms with Crippen LogP contribution in [-0.2, 0) is 15.6 Å². The second-order valence-electron chi connectivity index (χ2n) is 8.81. The van der Waals surface area contributed by atoms with Gasteiger partial charge < -0.3 is 14.6 Å². The number of hydrogen-bond donors (Lipinski definition) is 1. The highest BCUT2D eigenvalue weighted by Crippen LogP contribution is 2.39. The summed E-state index contributed by atoms with van der Waals surface area (Å²) in [6.45, 7) is 13.3. The standard InChI is InChI=1S/C25H34O4/c1-8-24(3,4)18-13-17(14-19(15-18)25(5,6)9-2)20-11-10-12-21(29-16-28-7)22(20)23(26)27/h10-15H,8-9,16H2,1-7H3,(H,26,27). The van der Waals surface area contributed by atoms with E-state index in [0.717, 1.165) is 18.4 Å². The summed E-state index contributed by atoms with van der Waals surface area (Å²) in [6.07, 6.45) is 1.98. The predicted molar refractivity (Wildman–Crippen MR) is 118 cm³/mol. The molecule has 4 nitrogen and oxygen atoms in total. The van der Waals surface area contributed by atoms with Crippen LogP contribution in [0.5, 0.6) is 5.75 Å². The molecule has 0 saturated heterocycles. The van der Waals surface area contributed by atoms with Gasteiger partial charge in [0.2, 0.25) is 0 Å². The van der Waals surface area contributed by atoms with Gasteiger partial charge in [0.15, 0.2) is 6.79 Å². The Morgan fingerprint density at radius 1 is 0.966 bits per heavy atom. The molecule has 0 aliphatic rings. The average Bonchev–Trinajstić information content (AvgIpc) is 2.71. The molecule has 0 aliphatic carbocycles. The predicted octanol–water partition coefficient (Wildman–Crippen LogP) is 6.41. The quantitative estimate of drug-likeness (QED) is 0.496. The van der Waals surface area contributed by atoms with Gasteiger partial charge in [-0.1, -0.05) is 71.9 Å². The van der Waals surface area contributed by atoms with Crippen molar-refractivity contribution in [3.8, 4) is 16.9 Å². The minimum atomic E-state index is -1.01. The molecule has 0 saturated carbocycles. The summed E-state index contributed by atoms with van der Waals surface area (Å²) in [5.41, 5.74) is 4.14. The Balaban J connectivity index is 2.78. The van der Waals surface area contributed by atoms with Crippen LogP contribution >= 0.6 is 0 Å². The molecule has 0 fully saturated rings. The second-order valence-corrected chi connectivity index (χ2v) is 8.81. The molecule has 0 radical (unpaired) electrons. The maximum atomic E-state index is 12.1. The van der Waals surface area contributed by atoms with Crippen LogP contribution in [0.15, 0.2) is 36.4 Å². The largest absolute Gasteiger partial charge is 0.478 e. The molecule has 4 heteroatoms. The van der Waals surface area contributed by atoms with E-state index in [9.17, 15) is 9.90 Å². The molecule has 0 spiro atoms. The summed E-state index contributed by atoms with van der Waals surface area (Å²) in [5.74, 6) is -0.698. The van der Waals surface area contributed by atoms with E-state index >= 15 is 0 Å². The molecular weight excluding hydrogens is 364 g/mol. The van der Waals surface area contributed by atoms with Gasteiger partial charge in [0.05, 0.1) is 0 Å². The van der Waals surface area contributed by atoms with E-state index in [1.165, 1.54) is 18.2 Å². The van der Waals surface area contributed by atoms with E-state index in [2.05, 4.69) is 59.7 Å². The minimum absolute atomic E-state index is 0.000749. The van der Waals surface area contributed by atoms with Gasteiger partial charge in [0, 0.05) is 7.11 Å². The fourth-order valence-electron chi connectivity index (χ4n) is 3.21. The Bertz CT molecular complexity index is 831. The number of aromatic carboxylic acids is 1. The molecule has 0 unspecified atom stereocenters. The first kappa shape index (κ1) is 23.0. The van der Waals surface area contributed by atoms with Crippen molar-refractivity contribution in [2.24, 2.45) is 0 Å². The fourth-order valence-corrected chi connectivity index (χ4v) is 3.21. The van der Waals surface area contributed by atoms with Gasteiger partial charge in [-0.3, -0.25) is 0 Å². The summed E-state index contributed by atoms with van der Waals surface area (Å²) in [4.78, 5) is 12.1. The molecule has 0 atom stereocenters. The lowest BCUT2D eigenvalue weighted by Gasteiger charge is -2.30. The normalized spacial score (nSPS) is 12.1. The van der Waals surface area contributed by atoms with Gasteiger partial charge in [-0.05, 0) is 52.0 Å². The Hall–Kier alpha value is -2.33. The topological polar surface area (TPSA) is 55.8 Å². The van der Waals surface area contributed by atoms with E-state index in [1.54, 1.807) is 6.07 Å². The van der Waals surface area contributed by atoms with Gasteiger partial charge in [-0.2, -0.15) is 0 Å². The fraction of sp³-hybridized carbons (Fsp3) is 0.480. The molecule has 0 amide bonds. The summed E-state index contributed by atoms with van der Waals surface area (Å²) in [6, 6.07) is 11.9. The van der Waals surface area contributed by atoms with Crippen LogP contribution in [0.1, 0.15) is 75.9 Å². The first-order valence-electron chi connectivity index (χ1n) is 10.2. The zero-order chi connectivity index (χ0) is 21.8. The van der Waals surface area contributed by atoms with Crippen molar-refractivity contribution >= 4 is 5.97 Å². The molecule has 2 aromatic carbocycles. The van der Waals surface area contributed by atoms with Crippen molar-refractivity contribution < 1.29 is 19.4 Å². The van der Waals surface area contributed by atoms with Crippen LogP contribution in [0.4, 0.5) is 0 Å². The van der Waals surface area contributed by atoms with Crippen molar-refractivity contribution in [3.63, 3.8) is 0 Å². The molecule has 29 heavy (non-hydrogen) atoms. The highest BCUT2D eigenvalue weighted by molar-refractivity contribution is 5.99. The number of ether oxygens (including phenoxy) is 2. The van der Waals surface area contributed by atoms with Gasteiger partial charge in [-0.25, -0.2) is 4.79 Å². The number of rotatable bonds is 9. The minimum Gasteiger partial charge on any atom is -0.478 e. The number of hydrogen-bond acceptors (Lipinski definition) is 3. The third-order valence-electron chi connectivity index (χ3n) is 6.15. The monoisotopic (exact) mass is 398 g/mol. The number of methoxy groups -OCH3 is 1. The van der Waals surface area contributed by atoms with Gasteiger partial charge >= 0.3 is 5.97 Å². The molecule has 158 valence electrons. The van der Waals surface area contributed by atoms with Crippen LogP contribution < -0.4 is 4.74 Å². The number of carbonyl (C=O) groups is 1. The van der Waals surface area contributed by atoms with Gasteiger partial charge in [0.1, 0.15) is 11.3 Å². The number of carboxylic acids is 1. The van der Waals surface area contributed by atoms with E-state index in [0.29, 0.717) is 11.3 Å². The third kappa shape index (κ3) is 4.99. The summed E-state index contributed by atoms with van der Waals surface area (Å²) >= 11 is 0. The van der Waals surface area contributed by atoms with E-state index in [4.69, 9.17) is 9.47 Å². The Morgan fingerprint density at radius 3 is 1.97 bits per heavy atom. The van der Waals surface area contributed by atoms with E-state index < -0.39 is 5.97 Å². The lowest BCUT2D eigenvalue weighted by atomic mass is 9.75. The Morgan fingerprint density at radius 2 is 1.52 bits per heavy atom. The van der Waals surface area contributed by atoms with Crippen LogP contribution in [0.2, 0.25) is 0 Å². The van der Waals surface area contributed by atoms with Gasteiger partial charge in [-0.15, -0.1) is 0 Å².